The molecule has 1 aliphatic rings. The fourth-order valence-corrected chi connectivity index (χ4v) is 4.49. The van der Waals surface area contributed by atoms with Gasteiger partial charge < -0.3 is 20.7 Å². The quantitative estimate of drug-likeness (QED) is 0.280. The second-order valence-electron chi connectivity index (χ2n) is 9.76. The SMILES string of the molecule is N[C@@H](Cc1ccc(C(=O)N2CCOCC2)cc1)C(=O)N[C@H](/C=C/c1ccc([N+](=O)[O-])cc1)CCc1ccccc1. The molecular weight excluding hydrogens is 508 g/mol. The molecule has 0 unspecified atom stereocenters. The molecule has 1 fully saturated rings. The Labute approximate surface area is 233 Å². The Kier molecular flexibility index (Phi) is 10.1. The highest BCUT2D eigenvalue weighted by Crippen LogP contribution is 2.15. The summed E-state index contributed by atoms with van der Waals surface area (Å²) in [6.45, 7) is 2.25. The number of nitrogens with one attached hydrogen (secondary N) is 1. The van der Waals surface area contributed by atoms with Gasteiger partial charge in [0.1, 0.15) is 0 Å². The minimum atomic E-state index is -0.771. The summed E-state index contributed by atoms with van der Waals surface area (Å²) >= 11 is 0. The van der Waals surface area contributed by atoms with Gasteiger partial charge in [-0.05, 0) is 60.2 Å². The van der Waals surface area contributed by atoms with Crippen LogP contribution in [-0.4, -0.2) is 60.0 Å². The molecule has 3 aromatic carbocycles. The van der Waals surface area contributed by atoms with E-state index in [1.165, 1.54) is 12.1 Å². The summed E-state index contributed by atoms with van der Waals surface area (Å²) in [7, 11) is 0. The van der Waals surface area contributed by atoms with Gasteiger partial charge in [0.15, 0.2) is 0 Å². The number of benzene rings is 3. The molecule has 1 saturated heterocycles. The molecule has 3 N–H and O–H groups in total. The second kappa shape index (κ2) is 14.2. The van der Waals surface area contributed by atoms with E-state index in [0.717, 1.165) is 23.1 Å². The van der Waals surface area contributed by atoms with Gasteiger partial charge in [-0.15, -0.1) is 0 Å². The van der Waals surface area contributed by atoms with E-state index in [9.17, 15) is 19.7 Å². The van der Waals surface area contributed by atoms with Crippen molar-refractivity contribution in [1.82, 2.24) is 10.2 Å². The summed E-state index contributed by atoms with van der Waals surface area (Å²) in [4.78, 5) is 38.0. The number of carbonyl (C=O) groups is 2. The zero-order valence-corrected chi connectivity index (χ0v) is 22.3. The highest BCUT2D eigenvalue weighted by Gasteiger charge is 2.20. The lowest BCUT2D eigenvalue weighted by Crippen LogP contribution is -2.46. The molecular formula is C31H34N4O5. The number of nitrogens with two attached hydrogens (primary N) is 1. The number of hydrogen-bond donors (Lipinski definition) is 2. The highest BCUT2D eigenvalue weighted by molar-refractivity contribution is 5.94. The van der Waals surface area contributed by atoms with Crippen LogP contribution in [0, 0.1) is 10.1 Å². The van der Waals surface area contributed by atoms with Gasteiger partial charge in [-0.25, -0.2) is 0 Å². The van der Waals surface area contributed by atoms with Crippen LogP contribution in [0.5, 0.6) is 0 Å². The van der Waals surface area contributed by atoms with E-state index in [4.69, 9.17) is 10.5 Å². The minimum absolute atomic E-state index is 0.0237. The first-order chi connectivity index (χ1) is 19.4. The van der Waals surface area contributed by atoms with Crippen LogP contribution in [0.4, 0.5) is 5.69 Å². The number of rotatable bonds is 11. The van der Waals surface area contributed by atoms with Crippen molar-refractivity contribution in [2.75, 3.05) is 26.3 Å². The summed E-state index contributed by atoms with van der Waals surface area (Å²) in [6, 6.07) is 22.4. The largest absolute Gasteiger partial charge is 0.378 e. The lowest BCUT2D eigenvalue weighted by atomic mass is 10.0. The lowest BCUT2D eigenvalue weighted by molar-refractivity contribution is -0.384. The third kappa shape index (κ3) is 8.33. The number of nitro benzene ring substituents is 1. The first kappa shape index (κ1) is 28.7. The fraction of sp³-hybridized carbons (Fsp3) is 0.290. The summed E-state index contributed by atoms with van der Waals surface area (Å²) in [5, 5.41) is 14.0. The van der Waals surface area contributed by atoms with E-state index in [2.05, 4.69) is 5.32 Å². The standard InChI is InChI=1S/C31H34N4O5/c32-29(22-25-6-12-26(13-7-25)31(37)34-18-20-40-21-19-34)30(36)33-27(14-8-23-4-2-1-3-5-23)15-9-24-10-16-28(17-11-24)35(38)39/h1-7,9-13,15-17,27,29H,8,14,18-22,32H2,(H,33,36)/b15-9+/t27-,29-/m0/s1. The van der Waals surface area contributed by atoms with Crippen molar-refractivity contribution in [3.05, 3.63) is 117 Å². The molecule has 0 spiro atoms. The van der Waals surface area contributed by atoms with Crippen LogP contribution in [-0.2, 0) is 22.4 Å². The van der Waals surface area contributed by atoms with E-state index in [1.807, 2.05) is 54.6 Å². The van der Waals surface area contributed by atoms with E-state index in [0.29, 0.717) is 44.7 Å². The van der Waals surface area contributed by atoms with Gasteiger partial charge in [0.2, 0.25) is 5.91 Å². The van der Waals surface area contributed by atoms with Crippen molar-refractivity contribution in [2.24, 2.45) is 5.73 Å². The molecule has 1 heterocycles. The van der Waals surface area contributed by atoms with Crippen molar-refractivity contribution >= 4 is 23.6 Å². The molecule has 0 aliphatic carbocycles. The first-order valence-electron chi connectivity index (χ1n) is 13.4. The maximum atomic E-state index is 13.1. The number of amides is 2. The number of non-ortho nitro benzene ring substituents is 1. The second-order valence-corrected chi connectivity index (χ2v) is 9.76. The lowest BCUT2D eigenvalue weighted by Gasteiger charge is -2.26. The van der Waals surface area contributed by atoms with Gasteiger partial charge in [0.05, 0.1) is 24.2 Å². The maximum Gasteiger partial charge on any atom is 0.269 e. The number of morpholine rings is 1. The van der Waals surface area contributed by atoms with Crippen molar-refractivity contribution in [3.8, 4) is 0 Å². The molecule has 9 nitrogen and oxygen atoms in total. The number of ether oxygens (including phenoxy) is 1. The molecule has 0 bridgehead atoms. The minimum Gasteiger partial charge on any atom is -0.378 e. The molecule has 2 atom stereocenters. The van der Waals surface area contributed by atoms with Gasteiger partial charge in [0, 0.05) is 36.8 Å². The first-order valence-corrected chi connectivity index (χ1v) is 13.4. The average molecular weight is 543 g/mol. The normalized spacial score (nSPS) is 15.0. The van der Waals surface area contributed by atoms with Gasteiger partial charge in [-0.1, -0.05) is 54.6 Å². The van der Waals surface area contributed by atoms with Crippen LogP contribution >= 0.6 is 0 Å². The molecule has 208 valence electrons. The van der Waals surface area contributed by atoms with Gasteiger partial charge in [0.25, 0.3) is 11.6 Å². The van der Waals surface area contributed by atoms with Crippen LogP contribution in [0.25, 0.3) is 6.08 Å². The van der Waals surface area contributed by atoms with Crippen LogP contribution < -0.4 is 11.1 Å². The van der Waals surface area contributed by atoms with Crippen LogP contribution in [0.3, 0.4) is 0 Å². The Hall–Kier alpha value is -4.34. The van der Waals surface area contributed by atoms with Crippen LogP contribution in [0.15, 0.2) is 84.9 Å². The summed E-state index contributed by atoms with van der Waals surface area (Å²) in [5.74, 6) is -0.308. The third-order valence-electron chi connectivity index (χ3n) is 6.83. The zero-order valence-electron chi connectivity index (χ0n) is 22.3. The third-order valence-corrected chi connectivity index (χ3v) is 6.83. The molecule has 4 rings (SSSR count). The number of hydrogen-bond acceptors (Lipinski definition) is 6. The Morgan fingerprint density at radius 2 is 1.65 bits per heavy atom. The predicted molar refractivity (Wildman–Crippen MR) is 154 cm³/mol. The number of nitrogens with zero attached hydrogens (tertiary/aromatic N) is 2. The van der Waals surface area contributed by atoms with E-state index in [1.54, 1.807) is 29.2 Å². The molecule has 2 amide bonds. The zero-order chi connectivity index (χ0) is 28.3. The Bertz CT molecular complexity index is 1300. The maximum absolute atomic E-state index is 13.1. The van der Waals surface area contributed by atoms with Crippen LogP contribution in [0.1, 0.15) is 33.5 Å². The molecule has 1 aliphatic heterocycles. The topological polar surface area (TPSA) is 128 Å². The Balaban J connectivity index is 1.37. The van der Waals surface area contributed by atoms with Crippen molar-refractivity contribution in [3.63, 3.8) is 0 Å². The summed E-state index contributed by atoms with van der Waals surface area (Å²) in [6.07, 6.45) is 5.47. The average Bonchev–Trinajstić information content (AvgIpc) is 2.99. The smallest absolute Gasteiger partial charge is 0.269 e. The molecule has 9 heteroatoms. The van der Waals surface area contributed by atoms with E-state index < -0.39 is 11.0 Å². The Morgan fingerprint density at radius 1 is 0.975 bits per heavy atom. The molecule has 40 heavy (non-hydrogen) atoms. The summed E-state index contributed by atoms with van der Waals surface area (Å²) < 4.78 is 5.31. The van der Waals surface area contributed by atoms with Gasteiger partial charge in [-0.2, -0.15) is 0 Å². The molecule has 0 saturated carbocycles. The molecule has 0 radical (unpaired) electrons. The van der Waals surface area contributed by atoms with Crippen molar-refractivity contribution in [2.45, 2.75) is 31.3 Å². The Morgan fingerprint density at radius 3 is 2.30 bits per heavy atom. The van der Waals surface area contributed by atoms with E-state index >= 15 is 0 Å². The van der Waals surface area contributed by atoms with Gasteiger partial charge >= 0.3 is 0 Å². The van der Waals surface area contributed by atoms with Crippen LogP contribution in [0.2, 0.25) is 0 Å². The molecule has 0 aromatic heterocycles. The predicted octanol–water partition coefficient (Wildman–Crippen LogP) is 3.77. The highest BCUT2D eigenvalue weighted by atomic mass is 16.6. The number of carbonyl (C=O) groups excluding carboxylic acids is 2. The van der Waals surface area contributed by atoms with Crippen molar-refractivity contribution in [1.29, 1.82) is 0 Å². The fourth-order valence-electron chi connectivity index (χ4n) is 4.49. The number of nitro groups is 1. The molecule has 3 aromatic rings. The van der Waals surface area contributed by atoms with Crippen molar-refractivity contribution < 1.29 is 19.2 Å². The summed E-state index contributed by atoms with van der Waals surface area (Å²) in [5.41, 5.74) is 9.72. The monoisotopic (exact) mass is 542 g/mol. The number of aryl methyl sites for hydroxylation is 1. The van der Waals surface area contributed by atoms with Gasteiger partial charge in [-0.3, -0.25) is 19.7 Å². The van der Waals surface area contributed by atoms with E-state index in [-0.39, 0.29) is 23.5 Å².